The maximum Gasteiger partial charge on any atom is 0.341 e. The van der Waals surface area contributed by atoms with E-state index in [1.54, 1.807) is 55.5 Å². The summed E-state index contributed by atoms with van der Waals surface area (Å²) in [4.78, 5) is 58.6. The largest absolute Gasteiger partial charge is 0.462 e. The van der Waals surface area contributed by atoms with Crippen molar-refractivity contribution in [3.63, 3.8) is 0 Å². The Morgan fingerprint density at radius 3 is 2.42 bits per heavy atom. The van der Waals surface area contributed by atoms with Crippen LogP contribution >= 0.6 is 34.4 Å². The van der Waals surface area contributed by atoms with Gasteiger partial charge in [0.05, 0.1) is 17.4 Å². The Balaban J connectivity index is 1.15. The van der Waals surface area contributed by atoms with Crippen molar-refractivity contribution in [3.8, 4) is 0 Å². The van der Waals surface area contributed by atoms with Crippen LogP contribution in [0, 0.1) is 0 Å². The lowest BCUT2D eigenvalue weighted by Crippen LogP contribution is -2.30. The zero-order chi connectivity index (χ0) is 37.2. The van der Waals surface area contributed by atoms with Crippen LogP contribution in [0.1, 0.15) is 61.9 Å². The SMILES string of the molecule is CCOC(=O)c1c(NC(=O)C(CC)Sc2cccc(NC(=O)/C(=C/c3cccs3)NC(=O)c3ccccc3)c2)sc2c1CCN(Cc1ccccc1)C2. The van der Waals surface area contributed by atoms with E-state index < -0.39 is 23.0 Å². The highest BCUT2D eigenvalue weighted by Gasteiger charge is 2.31. The molecular formula is C41H40N4O5S3. The smallest absolute Gasteiger partial charge is 0.341 e. The van der Waals surface area contributed by atoms with E-state index in [0.29, 0.717) is 41.2 Å². The van der Waals surface area contributed by atoms with Gasteiger partial charge in [-0.1, -0.05) is 67.6 Å². The average Bonchev–Trinajstić information content (AvgIpc) is 3.82. The highest BCUT2D eigenvalue weighted by molar-refractivity contribution is 8.00. The summed E-state index contributed by atoms with van der Waals surface area (Å²) in [7, 11) is 0. The molecule has 3 amide bonds. The third-order valence-electron chi connectivity index (χ3n) is 8.49. The van der Waals surface area contributed by atoms with Gasteiger partial charge >= 0.3 is 5.97 Å². The number of thiophene rings is 2. The standard InChI is InChI=1S/C41H40N4O5S3/c1-3-34(39(48)44-40-36(41(49)50-4-2)32-20-21-45(26-35(32)53-40)25-27-13-7-5-8-14-27)52-31-18-11-17-29(23-31)42-38(47)33(24-30-19-12-22-51-30)43-37(46)28-15-9-6-10-16-28/h5-19,22-24,34H,3-4,20-21,25-26H2,1-2H3,(H,42,47)(H,43,46)(H,44,48)/b33-24-. The van der Waals surface area contributed by atoms with Crippen LogP contribution in [-0.4, -0.2) is 47.0 Å². The van der Waals surface area contributed by atoms with Gasteiger partial charge in [0.25, 0.3) is 11.8 Å². The number of esters is 1. The number of benzene rings is 3. The van der Waals surface area contributed by atoms with Gasteiger partial charge in [-0.2, -0.15) is 0 Å². The van der Waals surface area contributed by atoms with Gasteiger partial charge in [0.1, 0.15) is 10.7 Å². The Bertz CT molecular complexity index is 2080. The number of nitrogens with one attached hydrogen (secondary N) is 3. The maximum atomic E-state index is 13.8. The summed E-state index contributed by atoms with van der Waals surface area (Å²) in [5.74, 6) is -1.52. The summed E-state index contributed by atoms with van der Waals surface area (Å²) >= 11 is 4.26. The molecule has 1 unspecified atom stereocenters. The van der Waals surface area contributed by atoms with Crippen molar-refractivity contribution >= 4 is 74.9 Å². The number of rotatable bonds is 14. The molecule has 0 fully saturated rings. The van der Waals surface area contributed by atoms with Gasteiger partial charge in [0.15, 0.2) is 0 Å². The minimum Gasteiger partial charge on any atom is -0.462 e. The molecule has 272 valence electrons. The average molecular weight is 765 g/mol. The van der Waals surface area contributed by atoms with Crippen LogP contribution in [0.5, 0.6) is 0 Å². The lowest BCUT2D eigenvalue weighted by Gasteiger charge is -2.27. The maximum absolute atomic E-state index is 13.8. The van der Waals surface area contributed by atoms with E-state index in [1.165, 1.54) is 40.0 Å². The minimum atomic E-state index is -0.482. The van der Waals surface area contributed by atoms with Gasteiger partial charge in [-0.15, -0.1) is 34.4 Å². The van der Waals surface area contributed by atoms with Crippen LogP contribution in [0.15, 0.2) is 113 Å². The number of fused-ring (bicyclic) bond motifs is 1. The number of nitrogens with zero attached hydrogens (tertiary/aromatic N) is 1. The molecular weight excluding hydrogens is 725 g/mol. The van der Waals surface area contributed by atoms with Crippen molar-refractivity contribution in [2.45, 2.75) is 49.9 Å². The van der Waals surface area contributed by atoms with Crippen molar-refractivity contribution in [1.82, 2.24) is 10.2 Å². The van der Waals surface area contributed by atoms with Gasteiger partial charge in [-0.25, -0.2) is 4.79 Å². The second kappa shape index (κ2) is 18.2. The van der Waals surface area contributed by atoms with Gasteiger partial charge in [0, 0.05) is 45.5 Å². The molecule has 1 aliphatic rings. The topological polar surface area (TPSA) is 117 Å². The zero-order valence-electron chi connectivity index (χ0n) is 29.4. The first-order valence-electron chi connectivity index (χ1n) is 17.4. The zero-order valence-corrected chi connectivity index (χ0v) is 31.9. The molecule has 1 aliphatic heterocycles. The molecule has 3 heterocycles. The molecule has 6 rings (SSSR count). The molecule has 0 bridgehead atoms. The first-order chi connectivity index (χ1) is 25.8. The predicted octanol–water partition coefficient (Wildman–Crippen LogP) is 8.46. The van der Waals surface area contributed by atoms with Crippen LogP contribution in [0.25, 0.3) is 6.08 Å². The minimum absolute atomic E-state index is 0.101. The number of carbonyl (C=O) groups excluding carboxylic acids is 4. The Hall–Kier alpha value is -5.01. The number of hydrogen-bond donors (Lipinski definition) is 3. The second-order valence-electron chi connectivity index (χ2n) is 12.3. The van der Waals surface area contributed by atoms with Gasteiger partial charge < -0.3 is 20.7 Å². The van der Waals surface area contributed by atoms with Crippen molar-refractivity contribution in [1.29, 1.82) is 0 Å². The second-order valence-corrected chi connectivity index (χ2v) is 15.6. The molecule has 0 saturated heterocycles. The van der Waals surface area contributed by atoms with Crippen molar-refractivity contribution in [3.05, 3.63) is 140 Å². The summed E-state index contributed by atoms with van der Waals surface area (Å²) in [6.07, 6.45) is 2.86. The van der Waals surface area contributed by atoms with Crippen LogP contribution < -0.4 is 16.0 Å². The Labute approximate surface area is 321 Å². The molecule has 1 atom stereocenters. The van der Waals surface area contributed by atoms with Gasteiger partial charge in [0.2, 0.25) is 5.91 Å². The molecule has 9 nitrogen and oxygen atoms in total. The molecule has 2 aromatic heterocycles. The number of carbonyl (C=O) groups is 4. The van der Waals surface area contributed by atoms with E-state index in [1.807, 2.05) is 54.8 Å². The molecule has 3 aromatic carbocycles. The number of anilines is 2. The van der Waals surface area contributed by atoms with E-state index in [0.717, 1.165) is 33.3 Å². The van der Waals surface area contributed by atoms with E-state index in [4.69, 9.17) is 4.74 Å². The molecule has 0 radical (unpaired) electrons. The number of thioether (sulfide) groups is 1. The van der Waals surface area contributed by atoms with E-state index in [9.17, 15) is 19.2 Å². The lowest BCUT2D eigenvalue weighted by molar-refractivity contribution is -0.116. The molecule has 0 saturated carbocycles. The van der Waals surface area contributed by atoms with Crippen molar-refractivity contribution in [2.24, 2.45) is 0 Å². The number of amides is 3. The number of ether oxygens (including phenoxy) is 1. The fourth-order valence-corrected chi connectivity index (χ4v) is 8.87. The fourth-order valence-electron chi connectivity index (χ4n) is 5.92. The van der Waals surface area contributed by atoms with Crippen molar-refractivity contribution in [2.75, 3.05) is 23.8 Å². The van der Waals surface area contributed by atoms with E-state index in [-0.39, 0.29) is 18.2 Å². The molecule has 0 spiro atoms. The Kier molecular flexibility index (Phi) is 12.9. The highest BCUT2D eigenvalue weighted by atomic mass is 32.2. The molecule has 5 aromatic rings. The van der Waals surface area contributed by atoms with Crippen LogP contribution in [-0.2, 0) is 33.8 Å². The first-order valence-corrected chi connectivity index (χ1v) is 20.0. The summed E-state index contributed by atoms with van der Waals surface area (Å²) in [6, 6.07) is 30.0. The molecule has 12 heteroatoms. The first kappa shape index (κ1) is 37.7. The molecule has 3 N–H and O–H groups in total. The molecule has 53 heavy (non-hydrogen) atoms. The summed E-state index contributed by atoms with van der Waals surface area (Å²) in [5, 5.41) is 10.7. The monoisotopic (exact) mass is 764 g/mol. The van der Waals surface area contributed by atoms with E-state index in [2.05, 4.69) is 33.0 Å². The normalized spacial score (nSPS) is 13.4. The highest BCUT2D eigenvalue weighted by Crippen LogP contribution is 2.39. The quantitative estimate of drug-likeness (QED) is 0.0591. The summed E-state index contributed by atoms with van der Waals surface area (Å²) in [5.41, 5.74) is 3.67. The van der Waals surface area contributed by atoms with Gasteiger partial charge in [-0.05, 0) is 78.7 Å². The third-order valence-corrected chi connectivity index (χ3v) is 11.8. The van der Waals surface area contributed by atoms with E-state index >= 15 is 0 Å². The van der Waals surface area contributed by atoms with Crippen LogP contribution in [0.2, 0.25) is 0 Å². The summed E-state index contributed by atoms with van der Waals surface area (Å²) in [6.45, 7) is 6.23. The van der Waals surface area contributed by atoms with Crippen LogP contribution in [0.3, 0.4) is 0 Å². The lowest BCUT2D eigenvalue weighted by atomic mass is 10.0. The molecule has 0 aliphatic carbocycles. The van der Waals surface area contributed by atoms with Crippen LogP contribution in [0.4, 0.5) is 10.7 Å². The van der Waals surface area contributed by atoms with Gasteiger partial charge in [-0.3, -0.25) is 19.3 Å². The Morgan fingerprint density at radius 2 is 1.70 bits per heavy atom. The fraction of sp³-hybridized carbons (Fsp3) is 0.220. The summed E-state index contributed by atoms with van der Waals surface area (Å²) < 4.78 is 5.45. The van der Waals surface area contributed by atoms with Crippen molar-refractivity contribution < 1.29 is 23.9 Å². The Morgan fingerprint density at radius 1 is 0.925 bits per heavy atom. The third kappa shape index (κ3) is 9.91. The number of hydrogen-bond acceptors (Lipinski definition) is 9. The predicted molar refractivity (Wildman–Crippen MR) is 214 cm³/mol.